The summed E-state index contributed by atoms with van der Waals surface area (Å²) in [5.41, 5.74) is -0.144. The van der Waals surface area contributed by atoms with Crippen LogP contribution >= 0.6 is 0 Å². The number of fused-ring (bicyclic) bond motifs is 1. The molecule has 1 aromatic rings. The van der Waals surface area contributed by atoms with Crippen LogP contribution in [0.2, 0.25) is 0 Å². The predicted molar refractivity (Wildman–Crippen MR) is 60.3 cm³/mol. The molecule has 6 heteroatoms. The summed E-state index contributed by atoms with van der Waals surface area (Å²) in [4.78, 5) is 12.4. The zero-order valence-corrected chi connectivity index (χ0v) is 8.78. The summed E-state index contributed by atoms with van der Waals surface area (Å²) < 4.78 is 70.2. The minimum absolute atomic E-state index is 0.0291. The van der Waals surface area contributed by atoms with Crippen LogP contribution in [0, 0.1) is 0 Å². The van der Waals surface area contributed by atoms with Crippen LogP contribution in [-0.2, 0) is 10.2 Å². The molecule has 1 N–H and O–H groups in total. The van der Waals surface area contributed by atoms with Gasteiger partial charge < -0.3 is 0 Å². The Morgan fingerprint density at radius 1 is 1.38 bits per heavy atom. The van der Waals surface area contributed by atoms with Crippen molar-refractivity contribution in [1.82, 2.24) is 4.31 Å². The highest BCUT2D eigenvalue weighted by Crippen LogP contribution is 2.27. The van der Waals surface area contributed by atoms with Gasteiger partial charge in [0, 0.05) is 14.3 Å². The number of nitrogens with one attached hydrogen (secondary N) is 1. The molecule has 1 aromatic carbocycles. The number of hydrogen-bond acceptors (Lipinski definition) is 3. The lowest BCUT2D eigenvalue weighted by molar-refractivity contribution is 0.0834. The summed E-state index contributed by atoms with van der Waals surface area (Å²) in [6.45, 7) is -6.41. The molecule has 0 fully saturated rings. The molecule has 16 heavy (non-hydrogen) atoms. The van der Waals surface area contributed by atoms with E-state index in [4.69, 9.17) is 8.22 Å². The lowest BCUT2D eigenvalue weighted by Gasteiger charge is -2.31. The number of amides is 1. The second-order valence-corrected chi connectivity index (χ2v) is 4.70. The summed E-state index contributed by atoms with van der Waals surface area (Å²) in [6.07, 6.45) is 0. The average Bonchev–Trinajstić information content (AvgIpc) is 2.30. The fourth-order valence-electron chi connectivity index (χ4n) is 1.43. The fourth-order valence-corrected chi connectivity index (χ4v) is 2.58. The van der Waals surface area contributed by atoms with E-state index in [0.717, 1.165) is 0 Å². The topological polar surface area (TPSA) is 66.5 Å². The third-order valence-corrected chi connectivity index (χ3v) is 3.46. The van der Waals surface area contributed by atoms with Gasteiger partial charge >= 0.3 is 10.2 Å². The van der Waals surface area contributed by atoms with Crippen molar-refractivity contribution >= 4 is 21.8 Å². The standard InChI is InChI=1S/C10H12N2O3S/c1-7(2)12-10(13)8-5-3-4-6-9(8)11-16(12,14)15/h3-7,11H,1-2H3/i1D3,2D3. The zero-order valence-electron chi connectivity index (χ0n) is 14.0. The second kappa shape index (κ2) is 3.48. The van der Waals surface area contributed by atoms with Gasteiger partial charge in [-0.3, -0.25) is 9.52 Å². The summed E-state index contributed by atoms with van der Waals surface area (Å²) in [6, 6.07) is 3.06. The first-order chi connectivity index (χ1) is 9.86. The van der Waals surface area contributed by atoms with Crippen molar-refractivity contribution in [2.75, 3.05) is 4.72 Å². The van der Waals surface area contributed by atoms with E-state index in [9.17, 15) is 13.2 Å². The molecule has 0 aromatic heterocycles. The quantitative estimate of drug-likeness (QED) is 0.810. The third-order valence-electron chi connectivity index (χ3n) is 2.09. The molecule has 0 saturated carbocycles. The molecule has 1 aliphatic heterocycles. The molecule has 0 saturated heterocycles. The van der Waals surface area contributed by atoms with E-state index in [1.54, 1.807) is 0 Å². The molecule has 1 amide bonds. The molecule has 5 nitrogen and oxygen atoms in total. The first-order valence-corrected chi connectivity index (χ1v) is 5.75. The second-order valence-electron chi connectivity index (χ2n) is 3.16. The number of rotatable bonds is 1. The van der Waals surface area contributed by atoms with Crippen molar-refractivity contribution in [2.45, 2.75) is 19.7 Å². The van der Waals surface area contributed by atoms with Crippen molar-refractivity contribution in [1.29, 1.82) is 0 Å². The van der Waals surface area contributed by atoms with E-state index in [0.29, 0.717) is 0 Å². The lowest BCUT2D eigenvalue weighted by atomic mass is 10.1. The van der Waals surface area contributed by atoms with Crippen molar-refractivity contribution in [3.63, 3.8) is 0 Å². The van der Waals surface area contributed by atoms with Crippen molar-refractivity contribution < 1.29 is 21.4 Å². The maximum atomic E-state index is 12.4. The molecule has 0 unspecified atom stereocenters. The molecule has 0 radical (unpaired) electrons. The van der Waals surface area contributed by atoms with Gasteiger partial charge in [0.1, 0.15) is 0 Å². The molecule has 0 bridgehead atoms. The summed E-state index contributed by atoms with van der Waals surface area (Å²) >= 11 is 0. The Morgan fingerprint density at radius 2 is 2.06 bits per heavy atom. The fraction of sp³-hybridized carbons (Fsp3) is 0.300. The number of hydrogen-bond donors (Lipinski definition) is 1. The highest BCUT2D eigenvalue weighted by Gasteiger charge is 2.36. The highest BCUT2D eigenvalue weighted by atomic mass is 32.2. The number of nitrogens with zero attached hydrogens (tertiary/aromatic N) is 1. The van der Waals surface area contributed by atoms with E-state index >= 15 is 0 Å². The number of para-hydroxylation sites is 1. The van der Waals surface area contributed by atoms with E-state index in [1.807, 2.05) is 4.72 Å². The molecular formula is C10H12N2O3S. The first-order valence-electron chi connectivity index (χ1n) is 7.31. The van der Waals surface area contributed by atoms with Gasteiger partial charge in [-0.1, -0.05) is 12.1 Å². The molecule has 1 aliphatic rings. The van der Waals surface area contributed by atoms with Crippen molar-refractivity contribution in [3.05, 3.63) is 29.8 Å². The van der Waals surface area contributed by atoms with Crippen LogP contribution in [-0.4, -0.2) is 24.7 Å². The van der Waals surface area contributed by atoms with Crippen LogP contribution in [0.5, 0.6) is 0 Å². The maximum absolute atomic E-state index is 12.4. The number of carbonyl (C=O) groups is 1. The normalized spacial score (nSPS) is 25.3. The lowest BCUT2D eigenvalue weighted by Crippen LogP contribution is -2.48. The van der Waals surface area contributed by atoms with Gasteiger partial charge in [-0.15, -0.1) is 0 Å². The predicted octanol–water partition coefficient (Wildman–Crippen LogP) is 1.21. The summed E-state index contributed by atoms with van der Waals surface area (Å²) in [7, 11) is -4.64. The van der Waals surface area contributed by atoms with Crippen LogP contribution in [0.3, 0.4) is 0 Å². The van der Waals surface area contributed by atoms with Gasteiger partial charge in [0.2, 0.25) is 0 Å². The van der Waals surface area contributed by atoms with E-state index < -0.39 is 35.9 Å². The smallest absolute Gasteiger partial charge is 0.268 e. The van der Waals surface area contributed by atoms with E-state index in [1.165, 1.54) is 24.3 Å². The van der Waals surface area contributed by atoms with Crippen LogP contribution in [0.15, 0.2) is 24.3 Å². The Kier molecular flexibility index (Phi) is 1.23. The van der Waals surface area contributed by atoms with Crippen LogP contribution in [0.1, 0.15) is 32.3 Å². The van der Waals surface area contributed by atoms with Crippen molar-refractivity contribution in [2.24, 2.45) is 0 Å². The molecular weight excluding hydrogens is 228 g/mol. The summed E-state index contributed by atoms with van der Waals surface area (Å²) in [5.74, 6) is -1.19. The zero-order chi connectivity index (χ0) is 16.9. The number of anilines is 1. The van der Waals surface area contributed by atoms with Crippen LogP contribution in [0.25, 0.3) is 0 Å². The largest absolute Gasteiger partial charge is 0.326 e. The highest BCUT2D eigenvalue weighted by molar-refractivity contribution is 7.91. The number of benzene rings is 1. The Labute approximate surface area is 103 Å². The minimum atomic E-state index is -4.64. The van der Waals surface area contributed by atoms with Gasteiger partial charge in [0.05, 0.1) is 11.3 Å². The molecule has 2 rings (SSSR count). The molecule has 0 spiro atoms. The molecule has 86 valence electrons. The number of carbonyl (C=O) groups excluding carboxylic acids is 1. The Hall–Kier alpha value is -1.56. The van der Waals surface area contributed by atoms with Gasteiger partial charge in [-0.05, 0) is 25.8 Å². The Morgan fingerprint density at radius 3 is 2.75 bits per heavy atom. The van der Waals surface area contributed by atoms with Gasteiger partial charge in [-0.2, -0.15) is 8.42 Å². The maximum Gasteiger partial charge on any atom is 0.326 e. The average molecular weight is 246 g/mol. The Balaban J connectivity index is 2.66. The monoisotopic (exact) mass is 246 g/mol. The van der Waals surface area contributed by atoms with E-state index in [2.05, 4.69) is 0 Å². The van der Waals surface area contributed by atoms with Crippen LogP contribution in [0.4, 0.5) is 5.69 Å². The van der Waals surface area contributed by atoms with Gasteiger partial charge in [0.15, 0.2) is 0 Å². The molecule has 1 heterocycles. The van der Waals surface area contributed by atoms with Gasteiger partial charge in [-0.25, -0.2) is 4.31 Å². The van der Waals surface area contributed by atoms with Crippen LogP contribution < -0.4 is 4.72 Å². The molecule has 0 aliphatic carbocycles. The third kappa shape index (κ3) is 1.55. The minimum Gasteiger partial charge on any atom is -0.268 e. The molecule has 0 atom stereocenters. The van der Waals surface area contributed by atoms with E-state index in [-0.39, 0.29) is 15.6 Å². The SMILES string of the molecule is [2H]C([2H])([2H])C(N1C(=O)c2ccccc2NS1(=O)=O)C([2H])([2H])[2H]. The summed E-state index contributed by atoms with van der Waals surface area (Å²) in [5, 5.41) is 0. The van der Waals surface area contributed by atoms with Crippen molar-refractivity contribution in [3.8, 4) is 0 Å². The Bertz CT molecular complexity index is 698. The first kappa shape index (κ1) is 5.67. The van der Waals surface area contributed by atoms with Gasteiger partial charge in [0.25, 0.3) is 5.91 Å².